The second-order valence-corrected chi connectivity index (χ2v) is 7.08. The highest BCUT2D eigenvalue weighted by Gasteiger charge is 2.15. The van der Waals surface area contributed by atoms with Crippen LogP contribution in [0.4, 0.5) is 4.79 Å². The van der Waals surface area contributed by atoms with Crippen LogP contribution in [0.15, 0.2) is 48.5 Å². The van der Waals surface area contributed by atoms with Crippen LogP contribution in [0.1, 0.15) is 42.3 Å². The Hall–Kier alpha value is -3.02. The lowest BCUT2D eigenvalue weighted by Crippen LogP contribution is -2.32. The van der Waals surface area contributed by atoms with Gasteiger partial charge in [0.1, 0.15) is 11.4 Å². The fourth-order valence-corrected chi connectivity index (χ4v) is 2.29. The van der Waals surface area contributed by atoms with Crippen molar-refractivity contribution < 1.29 is 19.1 Å². The van der Waals surface area contributed by atoms with Crippen LogP contribution in [0.5, 0.6) is 5.75 Å². The average molecular weight is 370 g/mol. The van der Waals surface area contributed by atoms with Gasteiger partial charge in [0.25, 0.3) is 5.91 Å². The second-order valence-electron chi connectivity index (χ2n) is 7.08. The first-order valence-electron chi connectivity index (χ1n) is 8.74. The molecule has 6 nitrogen and oxygen atoms in total. The zero-order valence-electron chi connectivity index (χ0n) is 16.2. The molecule has 2 amide bonds. The third-order valence-electron chi connectivity index (χ3n) is 3.66. The summed E-state index contributed by atoms with van der Waals surface area (Å²) in [5, 5.41) is 5.57. The normalized spacial score (nSPS) is 10.8. The zero-order chi connectivity index (χ0) is 19.9. The van der Waals surface area contributed by atoms with E-state index in [9.17, 15) is 9.59 Å². The van der Waals surface area contributed by atoms with Gasteiger partial charge in [-0.3, -0.25) is 4.79 Å². The lowest BCUT2D eigenvalue weighted by molar-refractivity contribution is 0.0523. The van der Waals surface area contributed by atoms with E-state index in [0.717, 1.165) is 16.9 Å². The summed E-state index contributed by atoms with van der Waals surface area (Å²) in [6.45, 7) is 6.21. The monoisotopic (exact) mass is 370 g/mol. The van der Waals surface area contributed by atoms with Crippen molar-refractivity contribution in [3.05, 3.63) is 65.2 Å². The molecule has 0 aromatic heterocycles. The van der Waals surface area contributed by atoms with Gasteiger partial charge in [-0.2, -0.15) is 0 Å². The van der Waals surface area contributed by atoms with Crippen LogP contribution in [-0.2, 0) is 17.8 Å². The molecule has 2 aromatic rings. The van der Waals surface area contributed by atoms with Crippen molar-refractivity contribution in [2.75, 3.05) is 7.11 Å². The average Bonchev–Trinajstić information content (AvgIpc) is 2.64. The topological polar surface area (TPSA) is 76.7 Å². The van der Waals surface area contributed by atoms with Crippen LogP contribution >= 0.6 is 0 Å². The Morgan fingerprint density at radius 2 is 1.37 bits per heavy atom. The smallest absolute Gasteiger partial charge is 0.407 e. The maximum atomic E-state index is 12.2. The minimum absolute atomic E-state index is 0.155. The SMILES string of the molecule is COc1ccc(CNC(=O)c2ccc(CNC(=O)OC(C)(C)C)cc2)cc1. The van der Waals surface area contributed by atoms with Gasteiger partial charge in [-0.15, -0.1) is 0 Å². The van der Waals surface area contributed by atoms with Crippen molar-refractivity contribution in [1.82, 2.24) is 10.6 Å². The van der Waals surface area contributed by atoms with E-state index in [0.29, 0.717) is 18.7 Å². The summed E-state index contributed by atoms with van der Waals surface area (Å²) in [5.41, 5.74) is 1.90. The molecule has 0 saturated heterocycles. The van der Waals surface area contributed by atoms with E-state index >= 15 is 0 Å². The van der Waals surface area contributed by atoms with E-state index in [1.54, 1.807) is 31.4 Å². The first-order chi connectivity index (χ1) is 12.8. The number of hydrogen-bond acceptors (Lipinski definition) is 4. The van der Waals surface area contributed by atoms with Crippen molar-refractivity contribution in [3.63, 3.8) is 0 Å². The molecule has 2 aromatic carbocycles. The van der Waals surface area contributed by atoms with Gasteiger partial charge in [0.2, 0.25) is 0 Å². The summed E-state index contributed by atoms with van der Waals surface area (Å²) in [7, 11) is 1.61. The fraction of sp³-hybridized carbons (Fsp3) is 0.333. The number of rotatable bonds is 6. The molecule has 0 spiro atoms. The van der Waals surface area contributed by atoms with E-state index in [-0.39, 0.29) is 5.91 Å². The van der Waals surface area contributed by atoms with Crippen LogP contribution in [0.25, 0.3) is 0 Å². The van der Waals surface area contributed by atoms with Crippen molar-refractivity contribution in [2.45, 2.75) is 39.5 Å². The van der Waals surface area contributed by atoms with Gasteiger partial charge in [0.15, 0.2) is 0 Å². The van der Waals surface area contributed by atoms with Gasteiger partial charge in [-0.25, -0.2) is 4.79 Å². The molecule has 2 rings (SSSR count). The Kier molecular flexibility index (Phi) is 6.82. The number of benzene rings is 2. The Morgan fingerprint density at radius 3 is 1.89 bits per heavy atom. The van der Waals surface area contributed by atoms with Crippen LogP contribution in [0.2, 0.25) is 0 Å². The number of methoxy groups -OCH3 is 1. The number of ether oxygens (including phenoxy) is 2. The van der Waals surface area contributed by atoms with E-state index in [4.69, 9.17) is 9.47 Å². The fourth-order valence-electron chi connectivity index (χ4n) is 2.29. The number of carbonyl (C=O) groups excluding carboxylic acids is 2. The van der Waals surface area contributed by atoms with E-state index in [2.05, 4.69) is 10.6 Å². The molecule has 6 heteroatoms. The number of hydrogen-bond donors (Lipinski definition) is 2. The Balaban J connectivity index is 1.82. The molecule has 0 saturated carbocycles. The quantitative estimate of drug-likeness (QED) is 0.814. The summed E-state index contributed by atoms with van der Waals surface area (Å²) in [5.74, 6) is 0.623. The largest absolute Gasteiger partial charge is 0.497 e. The van der Waals surface area contributed by atoms with Gasteiger partial charge in [0, 0.05) is 18.7 Å². The van der Waals surface area contributed by atoms with Crippen molar-refractivity contribution in [3.8, 4) is 5.75 Å². The Labute approximate surface area is 159 Å². The highest BCUT2D eigenvalue weighted by molar-refractivity contribution is 5.94. The Morgan fingerprint density at radius 1 is 0.852 bits per heavy atom. The van der Waals surface area contributed by atoms with Crippen molar-refractivity contribution in [1.29, 1.82) is 0 Å². The maximum absolute atomic E-state index is 12.2. The molecule has 0 atom stereocenters. The number of amides is 2. The summed E-state index contributed by atoms with van der Waals surface area (Å²) in [6, 6.07) is 14.6. The predicted molar refractivity (Wildman–Crippen MR) is 104 cm³/mol. The summed E-state index contributed by atoms with van der Waals surface area (Å²) in [4.78, 5) is 23.9. The van der Waals surface area contributed by atoms with Gasteiger partial charge in [-0.05, 0) is 56.2 Å². The molecule has 0 aliphatic carbocycles. The lowest BCUT2D eigenvalue weighted by Gasteiger charge is -2.19. The van der Waals surface area contributed by atoms with Crippen LogP contribution in [0, 0.1) is 0 Å². The summed E-state index contributed by atoms with van der Waals surface area (Å²) < 4.78 is 10.3. The number of nitrogens with one attached hydrogen (secondary N) is 2. The zero-order valence-corrected chi connectivity index (χ0v) is 16.2. The molecule has 0 aliphatic heterocycles. The summed E-state index contributed by atoms with van der Waals surface area (Å²) in [6.07, 6.45) is -0.469. The Bertz CT molecular complexity index is 762. The van der Waals surface area contributed by atoms with Gasteiger partial charge in [-0.1, -0.05) is 24.3 Å². The molecule has 0 aliphatic rings. The van der Waals surface area contributed by atoms with Gasteiger partial charge < -0.3 is 20.1 Å². The second kappa shape index (κ2) is 9.07. The maximum Gasteiger partial charge on any atom is 0.407 e. The van der Waals surface area contributed by atoms with Crippen LogP contribution in [-0.4, -0.2) is 24.7 Å². The molecular formula is C21H26N2O4. The first-order valence-corrected chi connectivity index (χ1v) is 8.74. The van der Waals surface area contributed by atoms with Gasteiger partial charge >= 0.3 is 6.09 Å². The van der Waals surface area contributed by atoms with E-state index < -0.39 is 11.7 Å². The van der Waals surface area contributed by atoms with E-state index in [1.165, 1.54) is 0 Å². The molecule has 0 fully saturated rings. The molecule has 2 N–H and O–H groups in total. The third-order valence-corrected chi connectivity index (χ3v) is 3.66. The van der Waals surface area contributed by atoms with Crippen LogP contribution in [0.3, 0.4) is 0 Å². The first kappa shape index (κ1) is 20.3. The van der Waals surface area contributed by atoms with Gasteiger partial charge in [0.05, 0.1) is 7.11 Å². The molecule has 27 heavy (non-hydrogen) atoms. The predicted octanol–water partition coefficient (Wildman–Crippen LogP) is 3.65. The molecule has 0 bridgehead atoms. The number of carbonyl (C=O) groups is 2. The minimum Gasteiger partial charge on any atom is -0.497 e. The summed E-state index contributed by atoms with van der Waals surface area (Å²) >= 11 is 0. The molecule has 0 heterocycles. The molecule has 0 radical (unpaired) electrons. The molecular weight excluding hydrogens is 344 g/mol. The molecule has 144 valence electrons. The lowest BCUT2D eigenvalue weighted by atomic mass is 10.1. The van der Waals surface area contributed by atoms with E-state index in [1.807, 2.05) is 45.0 Å². The highest BCUT2D eigenvalue weighted by atomic mass is 16.6. The standard InChI is InChI=1S/C21H26N2O4/c1-21(2,3)27-20(25)23-14-15-5-9-17(10-6-15)19(24)22-13-16-7-11-18(26-4)12-8-16/h5-12H,13-14H2,1-4H3,(H,22,24)(H,23,25). The van der Waals surface area contributed by atoms with Crippen molar-refractivity contribution >= 4 is 12.0 Å². The number of alkyl carbamates (subject to hydrolysis) is 1. The van der Waals surface area contributed by atoms with Crippen LogP contribution < -0.4 is 15.4 Å². The minimum atomic E-state index is -0.532. The van der Waals surface area contributed by atoms with Crippen molar-refractivity contribution in [2.24, 2.45) is 0 Å². The molecule has 0 unspecified atom stereocenters. The third kappa shape index (κ3) is 7.01. The highest BCUT2D eigenvalue weighted by Crippen LogP contribution is 2.12.